The highest BCUT2D eigenvalue weighted by molar-refractivity contribution is 7.98. The van der Waals surface area contributed by atoms with Gasteiger partial charge in [0.15, 0.2) is 0 Å². The van der Waals surface area contributed by atoms with Gasteiger partial charge >= 0.3 is 0 Å². The van der Waals surface area contributed by atoms with Crippen LogP contribution in [0.4, 0.5) is 17.2 Å². The van der Waals surface area contributed by atoms with E-state index in [1.165, 1.54) is 23.1 Å². The molecular weight excluding hydrogens is 522 g/mol. The van der Waals surface area contributed by atoms with Crippen molar-refractivity contribution in [3.8, 4) is 6.07 Å². The third kappa shape index (κ3) is 6.76. The first-order valence-corrected chi connectivity index (χ1v) is 15.1. The van der Waals surface area contributed by atoms with E-state index >= 15 is 0 Å². The summed E-state index contributed by atoms with van der Waals surface area (Å²) in [4.78, 5) is 22.6. The number of hydrogen-bond donors (Lipinski definition) is 2. The van der Waals surface area contributed by atoms with Crippen LogP contribution in [0.3, 0.4) is 0 Å². The van der Waals surface area contributed by atoms with E-state index in [2.05, 4.69) is 21.1 Å². The van der Waals surface area contributed by atoms with Gasteiger partial charge in [0.1, 0.15) is 16.9 Å². The summed E-state index contributed by atoms with van der Waals surface area (Å²) in [5.74, 6) is 0.917. The van der Waals surface area contributed by atoms with Crippen molar-refractivity contribution in [1.82, 2.24) is 10.3 Å². The van der Waals surface area contributed by atoms with Gasteiger partial charge in [0.2, 0.25) is 21.6 Å². The Kier molecular flexibility index (Phi) is 9.60. The molecule has 38 heavy (non-hydrogen) atoms. The molecule has 12 heteroatoms. The molecule has 0 spiro atoms. The fraction of sp³-hybridized carbons (Fsp3) is 0.462. The Morgan fingerprint density at radius 3 is 2.50 bits per heavy atom. The SMILES string of the molecule is [C-]#[N+]c1c(N2CCC(NC(=O)[C@H](C)N)CC2)nc(SCc2ccc(N(C)S(C)(=O)=O)cc2)c(C#N)c1CC. The number of nitrogens with zero attached hydrogens (tertiary/aromatic N) is 5. The smallest absolute Gasteiger partial charge is 0.236 e. The number of anilines is 2. The van der Waals surface area contributed by atoms with Crippen LogP contribution in [0.1, 0.15) is 43.4 Å². The fourth-order valence-corrected chi connectivity index (χ4v) is 5.67. The van der Waals surface area contributed by atoms with Crippen molar-refractivity contribution in [1.29, 1.82) is 5.26 Å². The van der Waals surface area contributed by atoms with Crippen molar-refractivity contribution < 1.29 is 13.2 Å². The van der Waals surface area contributed by atoms with Crippen LogP contribution in [-0.2, 0) is 27.0 Å². The number of nitrogens with two attached hydrogens (primary N) is 1. The zero-order valence-corrected chi connectivity index (χ0v) is 23.7. The fourth-order valence-electron chi connectivity index (χ4n) is 4.20. The molecule has 1 aliphatic rings. The molecule has 1 saturated heterocycles. The Labute approximate surface area is 229 Å². The highest BCUT2D eigenvalue weighted by atomic mass is 32.2. The lowest BCUT2D eigenvalue weighted by molar-refractivity contribution is -0.122. The van der Waals surface area contributed by atoms with Crippen molar-refractivity contribution in [2.45, 2.75) is 56.0 Å². The van der Waals surface area contributed by atoms with Crippen LogP contribution in [0.15, 0.2) is 29.3 Å². The molecule has 1 fully saturated rings. The maximum absolute atomic E-state index is 12.0. The number of nitriles is 1. The van der Waals surface area contributed by atoms with Crippen molar-refractivity contribution in [2.75, 3.05) is 35.6 Å². The van der Waals surface area contributed by atoms with Crippen molar-refractivity contribution in [2.24, 2.45) is 5.73 Å². The number of hydrogen-bond acceptors (Lipinski definition) is 8. The summed E-state index contributed by atoms with van der Waals surface area (Å²) in [7, 11) is -1.84. The number of amides is 1. The van der Waals surface area contributed by atoms with Gasteiger partial charge in [0.05, 0.1) is 30.1 Å². The van der Waals surface area contributed by atoms with Gasteiger partial charge in [-0.1, -0.05) is 19.1 Å². The number of carbonyl (C=O) groups excluding carboxylic acids is 1. The lowest BCUT2D eigenvalue weighted by atomic mass is 10.0. The third-order valence-corrected chi connectivity index (χ3v) is 8.78. The van der Waals surface area contributed by atoms with Crippen LogP contribution < -0.4 is 20.3 Å². The number of thioether (sulfide) groups is 1. The lowest BCUT2D eigenvalue weighted by Gasteiger charge is -2.34. The number of aromatic nitrogens is 1. The molecule has 10 nitrogen and oxygen atoms in total. The van der Waals surface area contributed by atoms with Crippen molar-refractivity contribution >= 4 is 44.9 Å². The summed E-state index contributed by atoms with van der Waals surface area (Å²) in [6.07, 6.45) is 3.09. The highest BCUT2D eigenvalue weighted by Crippen LogP contribution is 2.39. The molecule has 0 unspecified atom stereocenters. The standard InChI is InChI=1S/C26H33N7O3S2/c1-6-21-22(15-27)26(37-16-18-7-9-20(10-8-18)32(4)38(5,35)36)31-24(23(21)29-3)33-13-11-19(12-14-33)30-25(34)17(2)28/h7-10,17,19H,6,11-14,16,28H2,1-2,4-5H3,(H,30,34)/t17-/m0/s1. The van der Waals surface area contributed by atoms with Crippen LogP contribution in [0.5, 0.6) is 0 Å². The summed E-state index contributed by atoms with van der Waals surface area (Å²) in [5.41, 5.74) is 8.69. The molecule has 3 rings (SSSR count). The van der Waals surface area contributed by atoms with Gasteiger partial charge in [0.25, 0.3) is 0 Å². The number of carbonyl (C=O) groups is 1. The van der Waals surface area contributed by atoms with E-state index in [0.29, 0.717) is 71.5 Å². The zero-order valence-electron chi connectivity index (χ0n) is 22.1. The molecule has 1 aromatic heterocycles. The molecule has 1 aliphatic heterocycles. The number of rotatable bonds is 9. The third-order valence-electron chi connectivity index (χ3n) is 6.53. The summed E-state index contributed by atoms with van der Waals surface area (Å²) in [5, 5.41) is 13.5. The summed E-state index contributed by atoms with van der Waals surface area (Å²) < 4.78 is 24.8. The van der Waals surface area contributed by atoms with Gasteiger partial charge in [-0.2, -0.15) is 5.26 Å². The molecule has 0 bridgehead atoms. The molecule has 202 valence electrons. The van der Waals surface area contributed by atoms with E-state index in [4.69, 9.17) is 17.3 Å². The van der Waals surface area contributed by atoms with Crippen molar-refractivity contribution in [3.63, 3.8) is 0 Å². The van der Waals surface area contributed by atoms with E-state index in [0.717, 1.165) is 11.8 Å². The Hall–Kier alpha value is -3.32. The van der Waals surface area contributed by atoms with Crippen LogP contribution in [-0.4, -0.2) is 57.8 Å². The number of pyridine rings is 1. The molecular formula is C26H33N7O3S2. The monoisotopic (exact) mass is 555 g/mol. The first kappa shape index (κ1) is 29.2. The maximum Gasteiger partial charge on any atom is 0.236 e. The molecule has 3 N–H and O–H groups in total. The molecule has 0 radical (unpaired) electrons. The molecule has 1 amide bonds. The molecule has 1 atom stereocenters. The predicted molar refractivity (Wildman–Crippen MR) is 151 cm³/mol. The minimum Gasteiger partial charge on any atom is -0.365 e. The van der Waals surface area contributed by atoms with E-state index in [1.54, 1.807) is 19.1 Å². The van der Waals surface area contributed by atoms with Gasteiger partial charge in [-0.3, -0.25) is 9.10 Å². The molecule has 0 saturated carbocycles. The van der Waals surface area contributed by atoms with Crippen molar-refractivity contribution in [3.05, 3.63) is 52.4 Å². The highest BCUT2D eigenvalue weighted by Gasteiger charge is 2.27. The Morgan fingerprint density at radius 2 is 2.00 bits per heavy atom. The molecule has 2 heterocycles. The summed E-state index contributed by atoms with van der Waals surface area (Å²) >= 11 is 1.42. The summed E-state index contributed by atoms with van der Waals surface area (Å²) in [6.45, 7) is 12.6. The minimum absolute atomic E-state index is 0.0173. The lowest BCUT2D eigenvalue weighted by Crippen LogP contribution is -2.49. The van der Waals surface area contributed by atoms with Gasteiger partial charge in [0, 0.05) is 31.9 Å². The number of nitrogens with one attached hydrogen (secondary N) is 1. The number of benzene rings is 1. The molecule has 1 aromatic carbocycles. The first-order chi connectivity index (χ1) is 18.0. The van der Waals surface area contributed by atoms with Crippen LogP contribution in [0.2, 0.25) is 0 Å². The maximum atomic E-state index is 12.0. The van der Waals surface area contributed by atoms with Gasteiger partial charge in [-0.25, -0.2) is 18.2 Å². The van der Waals surface area contributed by atoms with Crippen LogP contribution >= 0.6 is 11.8 Å². The first-order valence-electron chi connectivity index (χ1n) is 12.3. The topological polar surface area (TPSA) is 137 Å². The average Bonchev–Trinajstić information content (AvgIpc) is 2.90. The number of piperidine rings is 1. The number of sulfonamides is 1. The Balaban J connectivity index is 1.84. The van der Waals surface area contributed by atoms with Crippen LogP contribution in [0, 0.1) is 17.9 Å². The average molecular weight is 556 g/mol. The second-order valence-electron chi connectivity index (χ2n) is 9.26. The molecule has 2 aromatic rings. The predicted octanol–water partition coefficient (Wildman–Crippen LogP) is 3.19. The normalized spacial score (nSPS) is 14.9. The van der Waals surface area contributed by atoms with E-state index < -0.39 is 16.1 Å². The van der Waals surface area contributed by atoms with E-state index in [-0.39, 0.29) is 11.9 Å². The van der Waals surface area contributed by atoms with Crippen LogP contribution in [0.25, 0.3) is 4.85 Å². The van der Waals surface area contributed by atoms with Gasteiger partial charge < -0.3 is 16.0 Å². The van der Waals surface area contributed by atoms with E-state index in [1.807, 2.05) is 19.1 Å². The Morgan fingerprint density at radius 1 is 1.37 bits per heavy atom. The zero-order chi connectivity index (χ0) is 28.0. The largest absolute Gasteiger partial charge is 0.365 e. The second-order valence-corrected chi connectivity index (χ2v) is 12.2. The van der Waals surface area contributed by atoms with E-state index in [9.17, 15) is 18.5 Å². The van der Waals surface area contributed by atoms with Gasteiger partial charge in [-0.05, 0) is 49.4 Å². The Bertz CT molecular complexity index is 1360. The quantitative estimate of drug-likeness (QED) is 0.356. The van der Waals surface area contributed by atoms with Gasteiger partial charge in [-0.15, -0.1) is 11.8 Å². The molecule has 0 aliphatic carbocycles. The minimum atomic E-state index is -3.35. The summed E-state index contributed by atoms with van der Waals surface area (Å²) in [6, 6.07) is 8.91. The second kappa shape index (κ2) is 12.5.